The molecule has 5 nitrogen and oxygen atoms in total. The Morgan fingerprint density at radius 1 is 1.33 bits per heavy atom. The fourth-order valence-corrected chi connectivity index (χ4v) is 3.10. The molecule has 112 valence electrons. The Hall–Kier alpha value is -1.88. The zero-order valence-corrected chi connectivity index (χ0v) is 12.8. The maximum absolute atomic E-state index is 9.89. The molecule has 0 spiro atoms. The number of anilines is 1. The summed E-state index contributed by atoms with van der Waals surface area (Å²) in [6.07, 6.45) is 2.46. The fourth-order valence-electron chi connectivity index (χ4n) is 3.10. The Morgan fingerprint density at radius 2 is 2.10 bits per heavy atom. The van der Waals surface area contributed by atoms with Crippen molar-refractivity contribution in [1.82, 2.24) is 14.8 Å². The first kappa shape index (κ1) is 14.1. The standard InChI is InChI=1S/C16H22N4O/c1-12(2)20-15(17-11-18-20)9-19-14-7-5-4-6-13(14)8-16(19,3)10-21/h4-7,11-12,21H,8-10H2,1-3H3. The third-order valence-corrected chi connectivity index (χ3v) is 4.28. The first-order valence-corrected chi connectivity index (χ1v) is 7.40. The van der Waals surface area contributed by atoms with Crippen molar-refractivity contribution in [2.75, 3.05) is 11.5 Å². The van der Waals surface area contributed by atoms with Crippen LogP contribution in [0, 0.1) is 0 Å². The molecule has 0 aliphatic carbocycles. The molecule has 1 aliphatic heterocycles. The van der Waals surface area contributed by atoms with E-state index in [0.717, 1.165) is 12.2 Å². The lowest BCUT2D eigenvalue weighted by Gasteiger charge is -2.35. The second-order valence-corrected chi connectivity index (χ2v) is 6.26. The smallest absolute Gasteiger partial charge is 0.146 e. The SMILES string of the molecule is CC(C)n1ncnc1CN1c2ccccc2CC1(C)CO. The summed E-state index contributed by atoms with van der Waals surface area (Å²) in [5, 5.41) is 14.2. The topological polar surface area (TPSA) is 54.2 Å². The minimum absolute atomic E-state index is 0.123. The van der Waals surface area contributed by atoms with Crippen LogP contribution in [0.3, 0.4) is 0 Å². The van der Waals surface area contributed by atoms with E-state index in [0.29, 0.717) is 6.54 Å². The lowest BCUT2D eigenvalue weighted by atomic mass is 9.98. The summed E-state index contributed by atoms with van der Waals surface area (Å²) in [4.78, 5) is 6.66. The minimum Gasteiger partial charge on any atom is -0.394 e. The molecule has 0 bridgehead atoms. The lowest BCUT2D eigenvalue weighted by Crippen LogP contribution is -2.47. The van der Waals surface area contributed by atoms with Crippen molar-refractivity contribution in [3.8, 4) is 0 Å². The van der Waals surface area contributed by atoms with Gasteiger partial charge in [-0.25, -0.2) is 9.67 Å². The Balaban J connectivity index is 1.97. The summed E-state index contributed by atoms with van der Waals surface area (Å²) in [6, 6.07) is 8.63. The van der Waals surface area contributed by atoms with Gasteiger partial charge in [0.1, 0.15) is 12.2 Å². The van der Waals surface area contributed by atoms with E-state index in [2.05, 4.69) is 54.0 Å². The first-order chi connectivity index (χ1) is 10.0. The molecule has 5 heteroatoms. The van der Waals surface area contributed by atoms with Crippen molar-refractivity contribution in [3.63, 3.8) is 0 Å². The van der Waals surface area contributed by atoms with Gasteiger partial charge in [0.05, 0.1) is 18.7 Å². The van der Waals surface area contributed by atoms with Crippen molar-refractivity contribution in [2.45, 2.75) is 45.3 Å². The normalized spacial score (nSPS) is 21.1. The van der Waals surface area contributed by atoms with Gasteiger partial charge in [-0.1, -0.05) is 18.2 Å². The van der Waals surface area contributed by atoms with Crippen molar-refractivity contribution in [2.24, 2.45) is 0 Å². The fraction of sp³-hybridized carbons (Fsp3) is 0.500. The second kappa shape index (κ2) is 5.15. The Bertz CT molecular complexity index is 637. The van der Waals surface area contributed by atoms with Gasteiger partial charge in [0.2, 0.25) is 0 Å². The molecular weight excluding hydrogens is 264 g/mol. The van der Waals surface area contributed by atoms with Crippen molar-refractivity contribution in [3.05, 3.63) is 42.0 Å². The number of aromatic nitrogens is 3. The lowest BCUT2D eigenvalue weighted by molar-refractivity contribution is 0.203. The molecule has 0 amide bonds. The Labute approximate surface area is 125 Å². The van der Waals surface area contributed by atoms with E-state index in [9.17, 15) is 5.11 Å². The molecule has 1 aromatic carbocycles. The molecular formula is C16H22N4O. The third kappa shape index (κ3) is 2.31. The number of aliphatic hydroxyl groups excluding tert-OH is 1. The molecule has 1 unspecified atom stereocenters. The highest BCUT2D eigenvalue weighted by Gasteiger charge is 2.39. The first-order valence-electron chi connectivity index (χ1n) is 7.40. The van der Waals surface area contributed by atoms with Crippen LogP contribution in [0.5, 0.6) is 0 Å². The number of hydrogen-bond donors (Lipinski definition) is 1. The maximum atomic E-state index is 9.89. The number of benzene rings is 1. The van der Waals surface area contributed by atoms with Gasteiger partial charge in [0, 0.05) is 11.7 Å². The van der Waals surface area contributed by atoms with Crippen LogP contribution in [0.15, 0.2) is 30.6 Å². The summed E-state index contributed by atoms with van der Waals surface area (Å²) in [7, 11) is 0. The van der Waals surface area contributed by atoms with Gasteiger partial charge in [-0.3, -0.25) is 0 Å². The molecule has 1 aliphatic rings. The van der Waals surface area contributed by atoms with Gasteiger partial charge in [0.15, 0.2) is 0 Å². The number of aliphatic hydroxyl groups is 1. The summed E-state index contributed by atoms with van der Waals surface area (Å²) in [6.45, 7) is 7.08. The van der Waals surface area contributed by atoms with Crippen LogP contribution < -0.4 is 4.90 Å². The largest absolute Gasteiger partial charge is 0.394 e. The van der Waals surface area contributed by atoms with Gasteiger partial charge in [-0.2, -0.15) is 5.10 Å². The van der Waals surface area contributed by atoms with Crippen LogP contribution in [0.2, 0.25) is 0 Å². The summed E-state index contributed by atoms with van der Waals surface area (Å²) >= 11 is 0. The predicted octanol–water partition coefficient (Wildman–Crippen LogP) is 2.17. The Morgan fingerprint density at radius 3 is 2.81 bits per heavy atom. The molecule has 1 N–H and O–H groups in total. The summed E-state index contributed by atoms with van der Waals surface area (Å²) in [5.74, 6) is 0.932. The van der Waals surface area contributed by atoms with Gasteiger partial charge in [-0.05, 0) is 38.8 Å². The quantitative estimate of drug-likeness (QED) is 0.936. The van der Waals surface area contributed by atoms with Crippen LogP contribution in [-0.4, -0.2) is 32.0 Å². The molecule has 0 saturated carbocycles. The van der Waals surface area contributed by atoms with Crippen molar-refractivity contribution in [1.29, 1.82) is 0 Å². The van der Waals surface area contributed by atoms with Gasteiger partial charge in [-0.15, -0.1) is 0 Å². The molecule has 2 aromatic rings. The van der Waals surface area contributed by atoms with Gasteiger partial charge in [0.25, 0.3) is 0 Å². The van der Waals surface area contributed by atoms with Crippen LogP contribution in [0.25, 0.3) is 0 Å². The minimum atomic E-state index is -0.280. The zero-order chi connectivity index (χ0) is 15.0. The van der Waals surface area contributed by atoms with Crippen LogP contribution >= 0.6 is 0 Å². The molecule has 0 saturated heterocycles. The molecule has 0 fully saturated rings. The van der Waals surface area contributed by atoms with Crippen LogP contribution in [0.4, 0.5) is 5.69 Å². The van der Waals surface area contributed by atoms with E-state index in [-0.39, 0.29) is 18.2 Å². The van der Waals surface area contributed by atoms with E-state index in [1.807, 2.05) is 10.7 Å². The van der Waals surface area contributed by atoms with E-state index in [1.165, 1.54) is 11.3 Å². The van der Waals surface area contributed by atoms with E-state index in [1.54, 1.807) is 6.33 Å². The highest BCUT2D eigenvalue weighted by atomic mass is 16.3. The predicted molar refractivity (Wildman–Crippen MR) is 82.2 cm³/mol. The monoisotopic (exact) mass is 286 g/mol. The highest BCUT2D eigenvalue weighted by Crippen LogP contribution is 2.39. The Kier molecular flexibility index (Phi) is 3.45. The molecule has 21 heavy (non-hydrogen) atoms. The molecule has 1 aromatic heterocycles. The van der Waals surface area contributed by atoms with E-state index < -0.39 is 0 Å². The molecule has 1 atom stereocenters. The zero-order valence-electron chi connectivity index (χ0n) is 12.8. The second-order valence-electron chi connectivity index (χ2n) is 6.26. The number of hydrogen-bond acceptors (Lipinski definition) is 4. The molecule has 2 heterocycles. The number of nitrogens with zero attached hydrogens (tertiary/aromatic N) is 4. The summed E-state index contributed by atoms with van der Waals surface area (Å²) in [5.41, 5.74) is 2.19. The average Bonchev–Trinajstić information content (AvgIpc) is 3.03. The number of rotatable bonds is 4. The maximum Gasteiger partial charge on any atom is 0.146 e. The van der Waals surface area contributed by atoms with E-state index in [4.69, 9.17) is 0 Å². The van der Waals surface area contributed by atoms with Crippen LogP contribution in [0.1, 0.15) is 38.2 Å². The van der Waals surface area contributed by atoms with Crippen molar-refractivity contribution < 1.29 is 5.11 Å². The highest BCUT2D eigenvalue weighted by molar-refractivity contribution is 5.61. The average molecular weight is 286 g/mol. The van der Waals surface area contributed by atoms with Crippen molar-refractivity contribution >= 4 is 5.69 Å². The van der Waals surface area contributed by atoms with Gasteiger partial charge < -0.3 is 10.0 Å². The van der Waals surface area contributed by atoms with Crippen LogP contribution in [-0.2, 0) is 13.0 Å². The molecule has 0 radical (unpaired) electrons. The number of fused-ring (bicyclic) bond motifs is 1. The third-order valence-electron chi connectivity index (χ3n) is 4.28. The molecule has 3 rings (SSSR count). The van der Waals surface area contributed by atoms with Gasteiger partial charge >= 0.3 is 0 Å². The summed E-state index contributed by atoms with van der Waals surface area (Å²) < 4.78 is 1.94. The number of para-hydroxylation sites is 1. The van der Waals surface area contributed by atoms with E-state index >= 15 is 0 Å².